The Bertz CT molecular complexity index is 187. The van der Waals surface area contributed by atoms with Crippen molar-refractivity contribution in [1.82, 2.24) is 4.90 Å². The van der Waals surface area contributed by atoms with Gasteiger partial charge in [-0.25, -0.2) is 0 Å². The van der Waals surface area contributed by atoms with Crippen LogP contribution in [-0.2, 0) is 0 Å². The van der Waals surface area contributed by atoms with Crippen molar-refractivity contribution in [2.24, 2.45) is 5.92 Å². The van der Waals surface area contributed by atoms with Gasteiger partial charge in [0.2, 0.25) is 0 Å². The van der Waals surface area contributed by atoms with Crippen LogP contribution in [0.25, 0.3) is 0 Å². The van der Waals surface area contributed by atoms with E-state index in [1.54, 1.807) is 0 Å². The molecule has 0 N–H and O–H groups in total. The van der Waals surface area contributed by atoms with Crippen LogP contribution in [0.2, 0.25) is 0 Å². The smallest absolute Gasteiger partial charge is 0.108 e. The molecular formula is C10H18N2. The lowest BCUT2D eigenvalue weighted by atomic mass is 9.88. The third-order valence-corrected chi connectivity index (χ3v) is 3.11. The molecular weight excluding hydrogens is 148 g/mol. The van der Waals surface area contributed by atoms with Gasteiger partial charge in [0.05, 0.1) is 6.07 Å². The Balaban J connectivity index is 2.73. The topological polar surface area (TPSA) is 27.0 Å². The maximum atomic E-state index is 9.12. The first-order valence-electron chi connectivity index (χ1n) is 4.77. The molecule has 0 aromatic rings. The number of nitriles is 1. The zero-order chi connectivity index (χ0) is 9.19. The fraction of sp³-hybridized carbons (Fsp3) is 0.900. The Labute approximate surface area is 75.2 Å². The molecule has 0 aromatic carbocycles. The summed E-state index contributed by atoms with van der Waals surface area (Å²) in [6.07, 6.45) is 2.51. The summed E-state index contributed by atoms with van der Waals surface area (Å²) < 4.78 is 0. The molecule has 1 aliphatic heterocycles. The van der Waals surface area contributed by atoms with Gasteiger partial charge in [-0.2, -0.15) is 5.26 Å². The second kappa shape index (κ2) is 3.45. The van der Waals surface area contributed by atoms with E-state index in [1.807, 2.05) is 0 Å². The average molecular weight is 166 g/mol. The molecule has 0 spiro atoms. The second-order valence-electron chi connectivity index (χ2n) is 4.11. The van der Waals surface area contributed by atoms with Crippen LogP contribution in [0.3, 0.4) is 0 Å². The van der Waals surface area contributed by atoms with E-state index in [4.69, 9.17) is 5.26 Å². The molecule has 1 saturated heterocycles. The Kier molecular flexibility index (Phi) is 2.74. The van der Waals surface area contributed by atoms with Crippen LogP contribution in [0, 0.1) is 17.2 Å². The van der Waals surface area contributed by atoms with Crippen molar-refractivity contribution >= 4 is 0 Å². The molecule has 0 amide bonds. The van der Waals surface area contributed by atoms with E-state index in [2.05, 4.69) is 31.7 Å². The maximum Gasteiger partial charge on any atom is 0.108 e. The van der Waals surface area contributed by atoms with Gasteiger partial charge < -0.3 is 0 Å². The van der Waals surface area contributed by atoms with Gasteiger partial charge in [0.15, 0.2) is 0 Å². The lowest BCUT2D eigenvalue weighted by Crippen LogP contribution is -2.47. The summed E-state index contributed by atoms with van der Waals surface area (Å²) in [4.78, 5) is 2.32. The molecule has 2 heteroatoms. The predicted molar refractivity (Wildman–Crippen MR) is 49.7 cm³/mol. The van der Waals surface area contributed by atoms with Gasteiger partial charge in [-0.05, 0) is 38.8 Å². The van der Waals surface area contributed by atoms with E-state index in [0.29, 0.717) is 5.92 Å². The monoisotopic (exact) mass is 166 g/mol. The highest BCUT2D eigenvalue weighted by molar-refractivity contribution is 5.08. The standard InChI is InChI=1S/C10H18N2/c1-9(2)10(3,8-11)12-6-4-5-7-12/h9H,4-7H2,1-3H3. The minimum absolute atomic E-state index is 0.240. The average Bonchev–Trinajstić information content (AvgIpc) is 2.54. The van der Waals surface area contributed by atoms with Crippen molar-refractivity contribution < 1.29 is 0 Å². The highest BCUT2D eigenvalue weighted by Gasteiger charge is 2.36. The SMILES string of the molecule is CC(C)C(C)(C#N)N1CCCC1. The summed E-state index contributed by atoms with van der Waals surface area (Å²) in [6.45, 7) is 8.51. The number of hydrogen-bond acceptors (Lipinski definition) is 2. The van der Waals surface area contributed by atoms with Crippen molar-refractivity contribution in [3.05, 3.63) is 0 Å². The molecule has 1 heterocycles. The largest absolute Gasteiger partial charge is 0.286 e. The highest BCUT2D eigenvalue weighted by Crippen LogP contribution is 2.27. The fourth-order valence-corrected chi connectivity index (χ4v) is 1.75. The molecule has 1 unspecified atom stereocenters. The third kappa shape index (κ3) is 1.47. The van der Waals surface area contributed by atoms with E-state index in [1.165, 1.54) is 12.8 Å². The number of likely N-dealkylation sites (tertiary alicyclic amines) is 1. The molecule has 0 bridgehead atoms. The zero-order valence-electron chi connectivity index (χ0n) is 8.30. The van der Waals surface area contributed by atoms with Crippen molar-refractivity contribution in [1.29, 1.82) is 5.26 Å². The number of hydrogen-bond donors (Lipinski definition) is 0. The molecule has 1 aliphatic rings. The second-order valence-corrected chi connectivity index (χ2v) is 4.11. The lowest BCUT2D eigenvalue weighted by molar-refractivity contribution is 0.140. The molecule has 68 valence electrons. The van der Waals surface area contributed by atoms with Crippen LogP contribution < -0.4 is 0 Å². The Morgan fingerprint density at radius 2 is 1.83 bits per heavy atom. The molecule has 0 saturated carbocycles. The van der Waals surface area contributed by atoms with Crippen LogP contribution in [-0.4, -0.2) is 23.5 Å². The quantitative estimate of drug-likeness (QED) is 0.627. The normalized spacial score (nSPS) is 23.9. The van der Waals surface area contributed by atoms with Crippen molar-refractivity contribution in [3.8, 4) is 6.07 Å². The number of nitrogens with zero attached hydrogens (tertiary/aromatic N) is 2. The summed E-state index contributed by atoms with van der Waals surface area (Å²) in [5, 5.41) is 9.12. The molecule has 1 atom stereocenters. The lowest BCUT2D eigenvalue weighted by Gasteiger charge is -2.35. The summed E-state index contributed by atoms with van der Waals surface area (Å²) in [6, 6.07) is 2.45. The first-order valence-corrected chi connectivity index (χ1v) is 4.77. The minimum atomic E-state index is -0.240. The van der Waals surface area contributed by atoms with Gasteiger partial charge in [0.1, 0.15) is 5.54 Å². The summed E-state index contributed by atoms with van der Waals surface area (Å²) in [5.74, 6) is 0.417. The molecule has 2 nitrogen and oxygen atoms in total. The first kappa shape index (κ1) is 9.54. The summed E-state index contributed by atoms with van der Waals surface area (Å²) in [7, 11) is 0. The Hall–Kier alpha value is -0.550. The third-order valence-electron chi connectivity index (χ3n) is 3.11. The van der Waals surface area contributed by atoms with Crippen LogP contribution in [0.4, 0.5) is 0 Å². The number of rotatable bonds is 2. The van der Waals surface area contributed by atoms with E-state index in [-0.39, 0.29) is 5.54 Å². The van der Waals surface area contributed by atoms with E-state index in [9.17, 15) is 0 Å². The van der Waals surface area contributed by atoms with E-state index in [0.717, 1.165) is 13.1 Å². The zero-order valence-corrected chi connectivity index (χ0v) is 8.30. The molecule has 1 fully saturated rings. The summed E-state index contributed by atoms with van der Waals surface area (Å²) >= 11 is 0. The Morgan fingerprint density at radius 1 is 1.33 bits per heavy atom. The molecule has 1 rings (SSSR count). The maximum absolute atomic E-state index is 9.12. The first-order chi connectivity index (χ1) is 5.61. The fourth-order valence-electron chi connectivity index (χ4n) is 1.75. The van der Waals surface area contributed by atoms with Crippen LogP contribution in [0.15, 0.2) is 0 Å². The summed E-state index contributed by atoms with van der Waals surface area (Å²) in [5.41, 5.74) is -0.240. The molecule has 0 radical (unpaired) electrons. The minimum Gasteiger partial charge on any atom is -0.286 e. The van der Waals surface area contributed by atoms with E-state index < -0.39 is 0 Å². The van der Waals surface area contributed by atoms with Crippen LogP contribution in [0.5, 0.6) is 0 Å². The van der Waals surface area contributed by atoms with E-state index >= 15 is 0 Å². The van der Waals surface area contributed by atoms with Gasteiger partial charge in [-0.15, -0.1) is 0 Å². The van der Waals surface area contributed by atoms with Gasteiger partial charge in [0.25, 0.3) is 0 Å². The Morgan fingerprint density at radius 3 is 2.17 bits per heavy atom. The van der Waals surface area contributed by atoms with Crippen LogP contribution >= 0.6 is 0 Å². The highest BCUT2D eigenvalue weighted by atomic mass is 15.2. The van der Waals surface area contributed by atoms with Crippen molar-refractivity contribution in [2.45, 2.75) is 39.2 Å². The van der Waals surface area contributed by atoms with Gasteiger partial charge in [-0.1, -0.05) is 13.8 Å². The van der Waals surface area contributed by atoms with Crippen LogP contribution in [0.1, 0.15) is 33.6 Å². The molecule has 0 aliphatic carbocycles. The molecule has 12 heavy (non-hydrogen) atoms. The van der Waals surface area contributed by atoms with Gasteiger partial charge in [-0.3, -0.25) is 4.90 Å². The van der Waals surface area contributed by atoms with Gasteiger partial charge in [0, 0.05) is 0 Å². The van der Waals surface area contributed by atoms with Crippen molar-refractivity contribution in [2.75, 3.05) is 13.1 Å². The van der Waals surface area contributed by atoms with Gasteiger partial charge >= 0.3 is 0 Å². The molecule has 0 aromatic heterocycles. The predicted octanol–water partition coefficient (Wildman–Crippen LogP) is 2.02. The van der Waals surface area contributed by atoms with Crippen molar-refractivity contribution in [3.63, 3.8) is 0 Å².